The molecule has 4 nitrogen and oxygen atoms in total. The van der Waals surface area contributed by atoms with Gasteiger partial charge in [0.05, 0.1) is 6.61 Å². The van der Waals surface area contributed by atoms with E-state index < -0.39 is 11.5 Å². The lowest BCUT2D eigenvalue weighted by atomic mass is 9.90. The number of hydrogen-bond acceptors (Lipinski definition) is 3. The Morgan fingerprint density at radius 2 is 2.12 bits per heavy atom. The number of nitrogens with one attached hydrogen (secondary N) is 1. The van der Waals surface area contributed by atoms with Crippen molar-refractivity contribution in [3.05, 3.63) is 35.9 Å². The summed E-state index contributed by atoms with van der Waals surface area (Å²) in [4.78, 5) is 11.6. The number of carboxylic acids is 1. The van der Waals surface area contributed by atoms with Gasteiger partial charge in [-0.3, -0.25) is 5.32 Å². The molecule has 4 heteroatoms. The highest BCUT2D eigenvalue weighted by Crippen LogP contribution is 2.29. The van der Waals surface area contributed by atoms with Gasteiger partial charge < -0.3 is 9.84 Å². The number of methoxy groups -OCH3 is 1. The average Bonchev–Trinajstić information content (AvgIpc) is 3.13. The molecule has 0 spiro atoms. The van der Waals surface area contributed by atoms with E-state index in [0.717, 1.165) is 18.4 Å². The van der Waals surface area contributed by atoms with Gasteiger partial charge in [-0.15, -0.1) is 0 Å². The van der Waals surface area contributed by atoms with Crippen molar-refractivity contribution in [1.82, 2.24) is 5.32 Å². The van der Waals surface area contributed by atoms with Gasteiger partial charge in [0.2, 0.25) is 0 Å². The van der Waals surface area contributed by atoms with E-state index in [4.69, 9.17) is 4.74 Å². The number of benzene rings is 1. The molecule has 0 aromatic heterocycles. The van der Waals surface area contributed by atoms with Crippen LogP contribution in [0.2, 0.25) is 0 Å². The third-order valence-corrected chi connectivity index (χ3v) is 3.02. The first-order valence-electron chi connectivity index (χ1n) is 5.74. The van der Waals surface area contributed by atoms with Gasteiger partial charge in [0.15, 0.2) is 5.54 Å². The van der Waals surface area contributed by atoms with E-state index in [2.05, 4.69) is 5.32 Å². The zero-order chi connectivity index (χ0) is 12.3. The Kier molecular flexibility index (Phi) is 3.45. The van der Waals surface area contributed by atoms with Gasteiger partial charge in [0, 0.05) is 13.2 Å². The number of hydrogen-bond donors (Lipinski definition) is 2. The maximum Gasteiger partial charge on any atom is 0.331 e. The van der Waals surface area contributed by atoms with Gasteiger partial charge in [-0.1, -0.05) is 30.3 Å². The third kappa shape index (κ3) is 2.48. The second-order valence-electron chi connectivity index (χ2n) is 4.43. The highest BCUT2D eigenvalue weighted by molar-refractivity contribution is 5.81. The van der Waals surface area contributed by atoms with E-state index in [0.29, 0.717) is 6.04 Å². The second kappa shape index (κ2) is 4.85. The zero-order valence-corrected chi connectivity index (χ0v) is 9.85. The molecule has 2 rings (SSSR count). The van der Waals surface area contributed by atoms with Crippen LogP contribution in [0, 0.1) is 0 Å². The van der Waals surface area contributed by atoms with E-state index in [1.165, 1.54) is 7.11 Å². The Morgan fingerprint density at radius 3 is 2.59 bits per heavy atom. The number of rotatable bonds is 6. The van der Waals surface area contributed by atoms with Gasteiger partial charge in [-0.05, 0) is 18.4 Å². The quantitative estimate of drug-likeness (QED) is 0.781. The summed E-state index contributed by atoms with van der Waals surface area (Å²) < 4.78 is 5.11. The molecule has 0 radical (unpaired) electrons. The molecule has 1 aromatic rings. The molecule has 1 aliphatic carbocycles. The van der Waals surface area contributed by atoms with Crippen LogP contribution in [0.3, 0.4) is 0 Å². The molecule has 1 unspecified atom stereocenters. The van der Waals surface area contributed by atoms with Crippen molar-refractivity contribution in [3.63, 3.8) is 0 Å². The molecular weight excluding hydrogens is 218 g/mol. The van der Waals surface area contributed by atoms with Gasteiger partial charge in [-0.25, -0.2) is 4.79 Å². The monoisotopic (exact) mass is 235 g/mol. The lowest BCUT2D eigenvalue weighted by Crippen LogP contribution is -2.53. The minimum Gasteiger partial charge on any atom is -0.480 e. The van der Waals surface area contributed by atoms with Gasteiger partial charge in [0.1, 0.15) is 0 Å². The molecule has 0 bridgehead atoms. The molecule has 1 aliphatic rings. The van der Waals surface area contributed by atoms with Crippen molar-refractivity contribution < 1.29 is 14.6 Å². The minimum absolute atomic E-state index is 0.128. The van der Waals surface area contributed by atoms with E-state index in [1.807, 2.05) is 30.3 Å². The van der Waals surface area contributed by atoms with Gasteiger partial charge in [0.25, 0.3) is 0 Å². The lowest BCUT2D eigenvalue weighted by Gasteiger charge is -2.30. The molecule has 92 valence electrons. The van der Waals surface area contributed by atoms with Crippen LogP contribution in [-0.4, -0.2) is 30.8 Å². The number of aliphatic carboxylic acids is 1. The summed E-state index contributed by atoms with van der Waals surface area (Å²) in [7, 11) is 1.52. The number of carboxylic acid groups (broad SMARTS) is 1. The molecule has 0 aliphatic heterocycles. The van der Waals surface area contributed by atoms with E-state index in [-0.39, 0.29) is 6.61 Å². The minimum atomic E-state index is -1.13. The predicted molar refractivity (Wildman–Crippen MR) is 63.8 cm³/mol. The first-order valence-corrected chi connectivity index (χ1v) is 5.74. The molecule has 1 saturated carbocycles. The largest absolute Gasteiger partial charge is 0.480 e. The van der Waals surface area contributed by atoms with Crippen molar-refractivity contribution in [1.29, 1.82) is 0 Å². The normalized spacial score (nSPS) is 18.6. The van der Waals surface area contributed by atoms with E-state index in [1.54, 1.807) is 0 Å². The Labute approximate surface area is 101 Å². The van der Waals surface area contributed by atoms with Crippen molar-refractivity contribution in [2.45, 2.75) is 24.4 Å². The highest BCUT2D eigenvalue weighted by Gasteiger charge is 2.44. The summed E-state index contributed by atoms with van der Waals surface area (Å²) in [6.07, 6.45) is 2.07. The maximum atomic E-state index is 11.6. The SMILES string of the molecule is COCC(NC1CC1)(C(=O)O)c1ccccc1. The Morgan fingerprint density at radius 1 is 1.47 bits per heavy atom. The second-order valence-corrected chi connectivity index (χ2v) is 4.43. The molecule has 17 heavy (non-hydrogen) atoms. The number of carbonyl (C=O) groups is 1. The average molecular weight is 235 g/mol. The number of ether oxygens (including phenoxy) is 1. The molecule has 0 heterocycles. The van der Waals surface area contributed by atoms with Crippen LogP contribution >= 0.6 is 0 Å². The zero-order valence-electron chi connectivity index (χ0n) is 9.85. The first kappa shape index (κ1) is 12.1. The summed E-state index contributed by atoms with van der Waals surface area (Å²) in [5.41, 5.74) is -0.391. The maximum absolute atomic E-state index is 11.6. The van der Waals surface area contributed by atoms with Crippen LogP contribution in [0.1, 0.15) is 18.4 Å². The standard InChI is InChI=1S/C13H17NO3/c1-17-9-13(12(15)16,14-11-7-8-11)10-5-3-2-4-6-10/h2-6,11,14H,7-9H2,1H3,(H,15,16). The van der Waals surface area contributed by atoms with Gasteiger partial charge in [-0.2, -0.15) is 0 Å². The topological polar surface area (TPSA) is 58.6 Å². The third-order valence-electron chi connectivity index (χ3n) is 3.02. The Hall–Kier alpha value is -1.39. The Balaban J connectivity index is 2.35. The van der Waals surface area contributed by atoms with E-state index in [9.17, 15) is 9.90 Å². The molecule has 2 N–H and O–H groups in total. The van der Waals surface area contributed by atoms with E-state index >= 15 is 0 Å². The summed E-state index contributed by atoms with van der Waals surface area (Å²) in [5, 5.41) is 12.7. The van der Waals surface area contributed by atoms with Crippen molar-refractivity contribution in [2.24, 2.45) is 0 Å². The fraction of sp³-hybridized carbons (Fsp3) is 0.462. The summed E-state index contributed by atoms with van der Waals surface area (Å²) in [6.45, 7) is 0.128. The summed E-state index contributed by atoms with van der Waals surface area (Å²) in [6, 6.07) is 9.50. The molecule has 1 atom stereocenters. The smallest absolute Gasteiger partial charge is 0.331 e. The Bertz CT molecular complexity index is 389. The van der Waals surface area contributed by atoms with Crippen molar-refractivity contribution in [3.8, 4) is 0 Å². The van der Waals surface area contributed by atoms with Crippen LogP contribution in [0.5, 0.6) is 0 Å². The van der Waals surface area contributed by atoms with Gasteiger partial charge >= 0.3 is 5.97 Å². The molecular formula is C13H17NO3. The molecule has 1 fully saturated rings. The predicted octanol–water partition coefficient (Wildman–Crippen LogP) is 1.36. The van der Waals surface area contributed by atoms with Crippen molar-refractivity contribution in [2.75, 3.05) is 13.7 Å². The van der Waals surface area contributed by atoms with Crippen LogP contribution in [0.4, 0.5) is 0 Å². The van der Waals surface area contributed by atoms with Crippen molar-refractivity contribution >= 4 is 5.97 Å². The summed E-state index contributed by atoms with van der Waals surface area (Å²) in [5.74, 6) is -0.891. The lowest BCUT2D eigenvalue weighted by molar-refractivity contribution is -0.148. The fourth-order valence-electron chi connectivity index (χ4n) is 1.97. The molecule has 0 amide bonds. The van der Waals surface area contributed by atoms with Crippen LogP contribution < -0.4 is 5.32 Å². The summed E-state index contributed by atoms with van der Waals surface area (Å²) >= 11 is 0. The molecule has 1 aromatic carbocycles. The molecule has 0 saturated heterocycles. The van der Waals surface area contributed by atoms with Crippen LogP contribution in [0.25, 0.3) is 0 Å². The highest BCUT2D eigenvalue weighted by atomic mass is 16.5. The first-order chi connectivity index (χ1) is 8.19. The van der Waals surface area contributed by atoms with Crippen LogP contribution in [0.15, 0.2) is 30.3 Å². The van der Waals surface area contributed by atoms with Crippen LogP contribution in [-0.2, 0) is 15.1 Å². The fourth-order valence-corrected chi connectivity index (χ4v) is 1.97.